The van der Waals surface area contributed by atoms with Gasteiger partial charge in [-0.15, -0.1) is 11.3 Å². The molecule has 1 aliphatic rings. The van der Waals surface area contributed by atoms with Crippen LogP contribution < -0.4 is 5.32 Å². The highest BCUT2D eigenvalue weighted by molar-refractivity contribution is 7.13. The van der Waals surface area contributed by atoms with Crippen LogP contribution in [0.2, 0.25) is 0 Å². The molecule has 1 aliphatic heterocycles. The van der Waals surface area contributed by atoms with Gasteiger partial charge in [0.05, 0.1) is 18.3 Å². The zero-order chi connectivity index (χ0) is 19.3. The van der Waals surface area contributed by atoms with Gasteiger partial charge >= 0.3 is 0 Å². The van der Waals surface area contributed by atoms with Crippen molar-refractivity contribution >= 4 is 22.4 Å². The summed E-state index contributed by atoms with van der Waals surface area (Å²) in [6, 6.07) is 15.0. The van der Waals surface area contributed by atoms with Crippen molar-refractivity contribution in [3.05, 3.63) is 76.6 Å². The molecular weight excluding hydrogens is 368 g/mol. The average Bonchev–Trinajstić information content (AvgIpc) is 3.36. The maximum Gasteiger partial charge on any atom is 0.240 e. The van der Waals surface area contributed by atoms with Crippen LogP contribution in [0.1, 0.15) is 41.4 Å². The number of nitrogens with one attached hydrogen (secondary N) is 1. The van der Waals surface area contributed by atoms with Gasteiger partial charge in [0.2, 0.25) is 5.91 Å². The van der Waals surface area contributed by atoms with E-state index in [0.717, 1.165) is 37.2 Å². The number of carbonyl (C=O) groups is 1. The number of aromatic nitrogens is 2. The number of anilines is 1. The maximum absolute atomic E-state index is 12.4. The van der Waals surface area contributed by atoms with E-state index in [0.29, 0.717) is 11.7 Å². The Hall–Kier alpha value is -2.57. The fourth-order valence-corrected chi connectivity index (χ4v) is 4.22. The van der Waals surface area contributed by atoms with E-state index in [4.69, 9.17) is 4.98 Å². The van der Waals surface area contributed by atoms with Gasteiger partial charge in [0.15, 0.2) is 5.13 Å². The predicted octanol–water partition coefficient (Wildman–Crippen LogP) is 4.21. The summed E-state index contributed by atoms with van der Waals surface area (Å²) in [6.45, 7) is 3.38. The first-order valence-electron chi connectivity index (χ1n) is 9.62. The van der Waals surface area contributed by atoms with Crippen molar-refractivity contribution in [3.63, 3.8) is 0 Å². The molecule has 0 aliphatic carbocycles. The van der Waals surface area contributed by atoms with Crippen molar-refractivity contribution in [3.8, 4) is 0 Å². The Kier molecular flexibility index (Phi) is 5.78. The summed E-state index contributed by atoms with van der Waals surface area (Å²) in [7, 11) is 0. The lowest BCUT2D eigenvalue weighted by Crippen LogP contribution is -2.33. The summed E-state index contributed by atoms with van der Waals surface area (Å²) >= 11 is 1.44. The molecule has 5 nitrogen and oxygen atoms in total. The number of pyridine rings is 1. The van der Waals surface area contributed by atoms with Gasteiger partial charge in [-0.05, 0) is 44.0 Å². The lowest BCUT2D eigenvalue weighted by Gasteiger charge is -2.23. The van der Waals surface area contributed by atoms with Gasteiger partial charge in [-0.3, -0.25) is 14.7 Å². The number of hydrogen-bond acceptors (Lipinski definition) is 5. The third kappa shape index (κ3) is 4.64. The van der Waals surface area contributed by atoms with Crippen LogP contribution in [-0.2, 0) is 11.2 Å². The second-order valence-electron chi connectivity index (χ2n) is 7.23. The van der Waals surface area contributed by atoms with Crippen molar-refractivity contribution in [1.82, 2.24) is 14.9 Å². The topological polar surface area (TPSA) is 58.1 Å². The smallest absolute Gasteiger partial charge is 0.240 e. The third-order valence-corrected chi connectivity index (χ3v) is 5.75. The van der Waals surface area contributed by atoms with Crippen LogP contribution in [0.3, 0.4) is 0 Å². The maximum atomic E-state index is 12.4. The van der Waals surface area contributed by atoms with Crippen LogP contribution in [0.4, 0.5) is 5.13 Å². The van der Waals surface area contributed by atoms with Crippen LogP contribution in [0.25, 0.3) is 0 Å². The van der Waals surface area contributed by atoms with E-state index in [1.165, 1.54) is 22.5 Å². The number of aryl methyl sites for hydroxylation is 1. The van der Waals surface area contributed by atoms with Crippen LogP contribution in [0.5, 0.6) is 0 Å². The molecule has 1 amide bonds. The molecule has 0 radical (unpaired) electrons. The molecule has 144 valence electrons. The van der Waals surface area contributed by atoms with Gasteiger partial charge in [-0.2, -0.15) is 0 Å². The van der Waals surface area contributed by atoms with Gasteiger partial charge in [-0.1, -0.05) is 35.9 Å². The van der Waals surface area contributed by atoms with E-state index in [1.807, 2.05) is 5.38 Å². The summed E-state index contributed by atoms with van der Waals surface area (Å²) < 4.78 is 0. The quantitative estimate of drug-likeness (QED) is 0.683. The van der Waals surface area contributed by atoms with E-state index in [9.17, 15) is 4.79 Å². The number of nitrogens with zero attached hydrogens (tertiary/aromatic N) is 3. The van der Waals surface area contributed by atoms with E-state index in [-0.39, 0.29) is 11.9 Å². The van der Waals surface area contributed by atoms with Crippen LogP contribution in [0, 0.1) is 6.92 Å². The molecule has 1 aromatic carbocycles. The summed E-state index contributed by atoms with van der Waals surface area (Å²) in [5.74, 6) is -0.0161. The average molecular weight is 393 g/mol. The second kappa shape index (κ2) is 8.63. The fraction of sp³-hybridized carbons (Fsp3) is 0.318. The number of thiazole rings is 1. The first-order valence-corrected chi connectivity index (χ1v) is 10.5. The largest absolute Gasteiger partial charge is 0.301 e. The Labute approximate surface area is 169 Å². The third-order valence-electron chi connectivity index (χ3n) is 5.06. The number of likely N-dealkylation sites (tertiary alicyclic amines) is 1. The van der Waals surface area contributed by atoms with E-state index < -0.39 is 0 Å². The molecule has 0 unspecified atom stereocenters. The molecule has 0 saturated carbocycles. The summed E-state index contributed by atoms with van der Waals surface area (Å²) in [5, 5.41) is 5.39. The summed E-state index contributed by atoms with van der Waals surface area (Å²) in [4.78, 5) is 23.6. The van der Waals surface area contributed by atoms with Gasteiger partial charge in [-0.25, -0.2) is 4.98 Å². The minimum atomic E-state index is -0.0161. The Balaban J connectivity index is 1.43. The van der Waals surface area contributed by atoms with Gasteiger partial charge in [0, 0.05) is 23.7 Å². The van der Waals surface area contributed by atoms with Crippen molar-refractivity contribution in [2.75, 3.05) is 18.4 Å². The molecule has 1 atom stereocenters. The Bertz CT molecular complexity index is 924. The van der Waals surface area contributed by atoms with Gasteiger partial charge < -0.3 is 5.32 Å². The van der Waals surface area contributed by atoms with E-state index in [2.05, 4.69) is 64.6 Å². The standard InChI is InChI=1S/C22H24N4OS/c1-16-7-9-17(10-8-16)14-18-4-2-5-19(24-18)20-6-3-12-26(20)15-21(27)25-22-23-11-13-28-22/h2,4-5,7-11,13,20H,3,6,12,14-15H2,1H3,(H,23,25,27)/t20-/m0/s1. The molecule has 6 heteroatoms. The molecule has 3 aromatic rings. The van der Waals surface area contributed by atoms with Gasteiger partial charge in [0.25, 0.3) is 0 Å². The van der Waals surface area contributed by atoms with E-state index >= 15 is 0 Å². The highest BCUT2D eigenvalue weighted by atomic mass is 32.1. The highest BCUT2D eigenvalue weighted by Crippen LogP contribution is 2.30. The predicted molar refractivity (Wildman–Crippen MR) is 113 cm³/mol. The van der Waals surface area contributed by atoms with Crippen molar-refractivity contribution in [1.29, 1.82) is 0 Å². The van der Waals surface area contributed by atoms with Crippen LogP contribution in [-0.4, -0.2) is 33.9 Å². The zero-order valence-electron chi connectivity index (χ0n) is 16.0. The monoisotopic (exact) mass is 392 g/mol. The molecule has 3 heterocycles. The Morgan fingerprint density at radius 2 is 2.11 bits per heavy atom. The van der Waals surface area contributed by atoms with E-state index in [1.54, 1.807) is 6.20 Å². The molecule has 1 saturated heterocycles. The SMILES string of the molecule is Cc1ccc(Cc2cccc([C@@H]3CCCN3CC(=O)Nc3nccs3)n2)cc1. The molecule has 1 fully saturated rings. The zero-order valence-corrected chi connectivity index (χ0v) is 16.8. The number of benzene rings is 1. The minimum Gasteiger partial charge on any atom is -0.301 e. The first kappa shape index (κ1) is 18.8. The molecule has 2 aromatic heterocycles. The minimum absolute atomic E-state index is 0.0161. The molecule has 28 heavy (non-hydrogen) atoms. The Morgan fingerprint density at radius 3 is 2.89 bits per heavy atom. The first-order chi connectivity index (χ1) is 13.7. The lowest BCUT2D eigenvalue weighted by molar-refractivity contribution is -0.117. The molecule has 0 spiro atoms. The van der Waals surface area contributed by atoms with Crippen LogP contribution >= 0.6 is 11.3 Å². The number of amides is 1. The molecule has 4 rings (SSSR count). The van der Waals surface area contributed by atoms with Crippen LogP contribution in [0.15, 0.2) is 54.0 Å². The van der Waals surface area contributed by atoms with Gasteiger partial charge in [0.1, 0.15) is 0 Å². The molecule has 1 N–H and O–H groups in total. The molecule has 0 bridgehead atoms. The van der Waals surface area contributed by atoms with Crippen molar-refractivity contribution < 1.29 is 4.79 Å². The number of carbonyl (C=O) groups excluding carboxylic acids is 1. The van der Waals surface area contributed by atoms with Crippen molar-refractivity contribution in [2.45, 2.75) is 32.2 Å². The normalized spacial score (nSPS) is 17.0. The number of rotatable bonds is 6. The fourth-order valence-electron chi connectivity index (χ4n) is 3.68. The highest BCUT2D eigenvalue weighted by Gasteiger charge is 2.28. The summed E-state index contributed by atoms with van der Waals surface area (Å²) in [6.07, 6.45) is 4.64. The van der Waals surface area contributed by atoms with Crippen molar-refractivity contribution in [2.24, 2.45) is 0 Å². The summed E-state index contributed by atoms with van der Waals surface area (Å²) in [5.41, 5.74) is 4.66. The number of hydrogen-bond donors (Lipinski definition) is 1. The Morgan fingerprint density at radius 1 is 1.25 bits per heavy atom. The second-order valence-corrected chi connectivity index (χ2v) is 8.12. The lowest BCUT2D eigenvalue weighted by atomic mass is 10.1. The molecular formula is C22H24N4OS.